The van der Waals surface area contributed by atoms with E-state index in [0.29, 0.717) is 19.6 Å². The van der Waals surface area contributed by atoms with Gasteiger partial charge in [-0.25, -0.2) is 0 Å². The molecule has 1 fully saturated rings. The number of hydrogen-bond donors (Lipinski definition) is 0. The number of rotatable bonds is 5. The van der Waals surface area contributed by atoms with E-state index in [0.717, 1.165) is 4.43 Å². The molecule has 0 heterocycles. The smallest absolute Gasteiger partial charge is 0.323 e. The summed E-state index contributed by atoms with van der Waals surface area (Å²) in [5.41, 5.74) is -0.993. The highest BCUT2D eigenvalue weighted by Crippen LogP contribution is 2.55. The SMILES string of the molecule is CCOC(=O)C1(C(=O)OCC)C[C@@H]1CI. The number of esters is 2. The van der Waals surface area contributed by atoms with Crippen LogP contribution in [0.25, 0.3) is 0 Å². The molecule has 0 radical (unpaired) electrons. The van der Waals surface area contributed by atoms with Crippen LogP contribution in [0.15, 0.2) is 0 Å². The van der Waals surface area contributed by atoms with Crippen molar-refractivity contribution in [3.63, 3.8) is 0 Å². The van der Waals surface area contributed by atoms with Gasteiger partial charge in [-0.3, -0.25) is 9.59 Å². The Morgan fingerprint density at radius 1 is 1.27 bits per heavy atom. The predicted molar refractivity (Wildman–Crippen MR) is 62.7 cm³/mol. The second-order valence-electron chi connectivity index (χ2n) is 3.47. The second kappa shape index (κ2) is 5.14. The van der Waals surface area contributed by atoms with E-state index in [1.54, 1.807) is 13.8 Å². The normalized spacial score (nSPS) is 21.9. The largest absolute Gasteiger partial charge is 0.465 e. The third-order valence-corrected chi connectivity index (χ3v) is 3.63. The highest BCUT2D eigenvalue weighted by Gasteiger charge is 2.67. The number of ether oxygens (including phenoxy) is 2. The first kappa shape index (κ1) is 12.7. The first-order valence-electron chi connectivity index (χ1n) is 5.03. The van der Waals surface area contributed by atoms with Crippen LogP contribution in [-0.2, 0) is 19.1 Å². The molecule has 0 unspecified atom stereocenters. The van der Waals surface area contributed by atoms with Gasteiger partial charge in [-0.2, -0.15) is 0 Å². The van der Waals surface area contributed by atoms with Gasteiger partial charge in [0.05, 0.1) is 13.2 Å². The molecule has 1 aliphatic carbocycles. The Bertz CT molecular complexity index is 246. The van der Waals surface area contributed by atoms with Crippen LogP contribution in [0.5, 0.6) is 0 Å². The highest BCUT2D eigenvalue weighted by atomic mass is 127. The van der Waals surface area contributed by atoms with E-state index in [2.05, 4.69) is 22.6 Å². The van der Waals surface area contributed by atoms with Gasteiger partial charge >= 0.3 is 11.9 Å². The maximum atomic E-state index is 11.7. The molecule has 86 valence electrons. The molecule has 1 saturated carbocycles. The lowest BCUT2D eigenvalue weighted by Crippen LogP contribution is -2.32. The Morgan fingerprint density at radius 3 is 2.00 bits per heavy atom. The summed E-state index contributed by atoms with van der Waals surface area (Å²) in [6.45, 7) is 4.07. The van der Waals surface area contributed by atoms with Gasteiger partial charge in [0, 0.05) is 4.43 Å². The molecule has 5 heteroatoms. The van der Waals surface area contributed by atoms with Crippen molar-refractivity contribution in [2.75, 3.05) is 17.6 Å². The molecule has 0 bridgehead atoms. The molecule has 1 rings (SSSR count). The van der Waals surface area contributed by atoms with Crippen LogP contribution in [0.2, 0.25) is 0 Å². The molecule has 1 aliphatic rings. The van der Waals surface area contributed by atoms with Crippen molar-refractivity contribution >= 4 is 34.5 Å². The Kier molecular flexibility index (Phi) is 4.36. The van der Waals surface area contributed by atoms with E-state index < -0.39 is 17.4 Å². The van der Waals surface area contributed by atoms with Gasteiger partial charge in [0.2, 0.25) is 0 Å². The van der Waals surface area contributed by atoms with Crippen molar-refractivity contribution in [2.45, 2.75) is 20.3 Å². The van der Waals surface area contributed by atoms with E-state index >= 15 is 0 Å². The zero-order chi connectivity index (χ0) is 11.5. The molecule has 15 heavy (non-hydrogen) atoms. The van der Waals surface area contributed by atoms with Crippen LogP contribution >= 0.6 is 22.6 Å². The van der Waals surface area contributed by atoms with Crippen molar-refractivity contribution < 1.29 is 19.1 Å². The lowest BCUT2D eigenvalue weighted by Gasteiger charge is -2.13. The van der Waals surface area contributed by atoms with E-state index in [1.165, 1.54) is 0 Å². The number of halogens is 1. The average molecular weight is 326 g/mol. The maximum absolute atomic E-state index is 11.7. The number of hydrogen-bond acceptors (Lipinski definition) is 4. The van der Waals surface area contributed by atoms with Crippen LogP contribution in [0.4, 0.5) is 0 Å². The summed E-state index contributed by atoms with van der Waals surface area (Å²) in [6, 6.07) is 0. The van der Waals surface area contributed by atoms with Gasteiger partial charge < -0.3 is 9.47 Å². The molecule has 4 nitrogen and oxygen atoms in total. The molecule has 0 amide bonds. The lowest BCUT2D eigenvalue weighted by molar-refractivity contribution is -0.164. The van der Waals surface area contributed by atoms with E-state index in [9.17, 15) is 9.59 Å². The number of carbonyl (C=O) groups excluding carboxylic acids is 2. The standard InChI is InChI=1S/C10H15IO4/c1-3-14-8(12)10(5-7(10)6-11)9(13)15-4-2/h7H,3-6H2,1-2H3/t7-/m1/s1. The minimum Gasteiger partial charge on any atom is -0.465 e. The third-order valence-electron chi connectivity index (χ3n) is 2.57. The molecule has 0 spiro atoms. The quantitative estimate of drug-likeness (QED) is 0.333. The first-order chi connectivity index (χ1) is 7.13. The molecule has 0 aromatic rings. The molecule has 0 saturated heterocycles. The molecule has 0 aromatic carbocycles. The van der Waals surface area contributed by atoms with Gasteiger partial charge in [0.15, 0.2) is 5.41 Å². The fraction of sp³-hybridized carbons (Fsp3) is 0.800. The first-order valence-corrected chi connectivity index (χ1v) is 6.56. The Morgan fingerprint density at radius 2 is 1.73 bits per heavy atom. The van der Waals surface area contributed by atoms with Gasteiger partial charge in [-0.15, -0.1) is 0 Å². The highest BCUT2D eigenvalue weighted by molar-refractivity contribution is 14.1. The molecular formula is C10H15IO4. The zero-order valence-electron chi connectivity index (χ0n) is 8.92. The van der Waals surface area contributed by atoms with Crippen molar-refractivity contribution in [2.24, 2.45) is 11.3 Å². The lowest BCUT2D eigenvalue weighted by atomic mass is 10.1. The van der Waals surface area contributed by atoms with Crippen LogP contribution in [0.1, 0.15) is 20.3 Å². The third kappa shape index (κ3) is 2.26. The predicted octanol–water partition coefficient (Wildman–Crippen LogP) is 1.55. The molecule has 1 atom stereocenters. The summed E-state index contributed by atoms with van der Waals surface area (Å²) in [4.78, 5) is 23.4. The van der Waals surface area contributed by atoms with Crippen LogP contribution in [-0.4, -0.2) is 29.6 Å². The van der Waals surface area contributed by atoms with E-state index in [4.69, 9.17) is 9.47 Å². The fourth-order valence-corrected chi connectivity index (χ4v) is 2.68. The van der Waals surface area contributed by atoms with Crippen molar-refractivity contribution in [1.82, 2.24) is 0 Å². The Labute approximate surface area is 103 Å². The van der Waals surface area contributed by atoms with Gasteiger partial charge in [-0.1, -0.05) is 22.6 Å². The summed E-state index contributed by atoms with van der Waals surface area (Å²) in [5.74, 6) is -0.772. The monoisotopic (exact) mass is 326 g/mol. The molecular weight excluding hydrogens is 311 g/mol. The second-order valence-corrected chi connectivity index (χ2v) is 4.35. The van der Waals surface area contributed by atoms with Crippen molar-refractivity contribution in [3.05, 3.63) is 0 Å². The summed E-state index contributed by atoms with van der Waals surface area (Å²) in [5, 5.41) is 0. The summed E-state index contributed by atoms with van der Waals surface area (Å²) < 4.78 is 10.6. The van der Waals surface area contributed by atoms with E-state index in [-0.39, 0.29) is 5.92 Å². The van der Waals surface area contributed by atoms with E-state index in [1.807, 2.05) is 0 Å². The molecule has 0 N–H and O–H groups in total. The van der Waals surface area contributed by atoms with Gasteiger partial charge in [0.25, 0.3) is 0 Å². The molecule has 0 aromatic heterocycles. The number of carbonyl (C=O) groups is 2. The van der Waals surface area contributed by atoms with Gasteiger partial charge in [-0.05, 0) is 26.2 Å². The zero-order valence-corrected chi connectivity index (χ0v) is 11.1. The Balaban J connectivity index is 2.73. The summed E-state index contributed by atoms with van der Waals surface area (Å²) in [7, 11) is 0. The average Bonchev–Trinajstić information content (AvgIpc) is 2.94. The fourth-order valence-electron chi connectivity index (χ4n) is 1.62. The summed E-state index contributed by atoms with van der Waals surface area (Å²) >= 11 is 2.17. The minimum atomic E-state index is -0.993. The summed E-state index contributed by atoms with van der Waals surface area (Å²) in [6.07, 6.45) is 0.563. The van der Waals surface area contributed by atoms with Crippen LogP contribution < -0.4 is 0 Å². The number of alkyl halides is 1. The minimum absolute atomic E-state index is 0.0798. The van der Waals surface area contributed by atoms with Crippen LogP contribution in [0, 0.1) is 11.3 Å². The van der Waals surface area contributed by atoms with Crippen LogP contribution in [0.3, 0.4) is 0 Å². The van der Waals surface area contributed by atoms with Crippen molar-refractivity contribution in [1.29, 1.82) is 0 Å². The van der Waals surface area contributed by atoms with Gasteiger partial charge in [0.1, 0.15) is 0 Å². The topological polar surface area (TPSA) is 52.6 Å². The molecule has 0 aliphatic heterocycles. The Hall–Kier alpha value is -0.330. The maximum Gasteiger partial charge on any atom is 0.323 e. The van der Waals surface area contributed by atoms with Crippen molar-refractivity contribution in [3.8, 4) is 0 Å².